The van der Waals surface area contributed by atoms with Crippen molar-refractivity contribution in [3.63, 3.8) is 0 Å². The van der Waals surface area contributed by atoms with E-state index < -0.39 is 0 Å². The Hall–Kier alpha value is -4.70. The van der Waals surface area contributed by atoms with Crippen LogP contribution in [0.1, 0.15) is 78.1 Å². The molecule has 0 aliphatic heterocycles. The number of Topliss-reactive ketones (excluding diaryl/α,β-unsaturated/α-hetero) is 1. The van der Waals surface area contributed by atoms with Gasteiger partial charge in [0.2, 0.25) is 0 Å². The molecule has 0 bridgehead atoms. The molecule has 0 aliphatic rings. The van der Waals surface area contributed by atoms with Crippen LogP contribution in [0.3, 0.4) is 0 Å². The minimum atomic E-state index is -0.313. The summed E-state index contributed by atoms with van der Waals surface area (Å²) in [5.74, 6) is -0.404. The van der Waals surface area contributed by atoms with Crippen LogP contribution in [0.25, 0.3) is 0 Å². The first kappa shape index (κ1) is 33.8. The summed E-state index contributed by atoms with van der Waals surface area (Å²) in [6, 6.07) is 19.8. The molecule has 0 spiro atoms. The molecule has 10 nitrogen and oxygen atoms in total. The van der Waals surface area contributed by atoms with Crippen molar-refractivity contribution in [1.29, 1.82) is 0 Å². The summed E-state index contributed by atoms with van der Waals surface area (Å²) in [6.45, 7) is 3.46. The molecule has 0 saturated heterocycles. The van der Waals surface area contributed by atoms with E-state index >= 15 is 0 Å². The number of nitrogens with one attached hydrogen (secondary N) is 5. The Balaban J connectivity index is 1.42. The lowest BCUT2D eigenvalue weighted by Crippen LogP contribution is -2.29. The molecule has 0 saturated carbocycles. The molecule has 3 aromatic rings. The van der Waals surface area contributed by atoms with Crippen molar-refractivity contribution in [2.24, 2.45) is 0 Å². The molecule has 3 aromatic carbocycles. The minimum Gasteiger partial charge on any atom is -0.396 e. The number of aliphatic hydroxyl groups is 1. The van der Waals surface area contributed by atoms with Crippen molar-refractivity contribution >= 4 is 40.8 Å². The Kier molecular flexibility index (Phi) is 14.4. The van der Waals surface area contributed by atoms with Crippen LogP contribution < -0.4 is 26.6 Å². The van der Waals surface area contributed by atoms with Crippen LogP contribution in [0, 0.1) is 0 Å². The summed E-state index contributed by atoms with van der Waals surface area (Å²) in [7, 11) is 0. The number of hydrogen-bond donors (Lipinski definition) is 6. The lowest BCUT2D eigenvalue weighted by Gasteiger charge is -2.10. The van der Waals surface area contributed by atoms with Crippen molar-refractivity contribution in [3.8, 4) is 0 Å². The van der Waals surface area contributed by atoms with Gasteiger partial charge in [-0.15, -0.1) is 0 Å². The van der Waals surface area contributed by atoms with Gasteiger partial charge in [-0.3, -0.25) is 9.59 Å². The molecule has 0 fully saturated rings. The number of anilines is 3. The molecule has 10 heteroatoms. The van der Waals surface area contributed by atoms with Gasteiger partial charge in [-0.1, -0.05) is 50.5 Å². The SMILES string of the molecule is CCCCCCNC(=O)Nc1ccc(NC(=O)c2ccc(C(=O)Cc3ccc(NC(=O)NCCCCCO)cc3)cc2)cc1. The van der Waals surface area contributed by atoms with Gasteiger partial charge in [0.25, 0.3) is 5.91 Å². The summed E-state index contributed by atoms with van der Waals surface area (Å²) < 4.78 is 0. The minimum absolute atomic E-state index is 0.0913. The van der Waals surface area contributed by atoms with Crippen molar-refractivity contribution in [2.75, 3.05) is 35.6 Å². The van der Waals surface area contributed by atoms with Crippen LogP contribution in [0.15, 0.2) is 72.8 Å². The molecule has 0 heterocycles. The first-order valence-electron chi connectivity index (χ1n) is 15.2. The monoisotopic (exact) mass is 601 g/mol. The van der Waals surface area contributed by atoms with Crippen LogP contribution in [0.2, 0.25) is 0 Å². The molecule has 6 N–H and O–H groups in total. The topological polar surface area (TPSA) is 149 Å². The summed E-state index contributed by atoms with van der Waals surface area (Å²) in [5.41, 5.74) is 3.52. The Morgan fingerprint density at radius 1 is 0.568 bits per heavy atom. The maximum Gasteiger partial charge on any atom is 0.319 e. The highest BCUT2D eigenvalue weighted by atomic mass is 16.3. The lowest BCUT2D eigenvalue weighted by atomic mass is 10.0. The quantitative estimate of drug-likeness (QED) is 0.0788. The van der Waals surface area contributed by atoms with Gasteiger partial charge in [-0.05, 0) is 79.8 Å². The van der Waals surface area contributed by atoms with Crippen molar-refractivity contribution < 1.29 is 24.3 Å². The smallest absolute Gasteiger partial charge is 0.319 e. The fraction of sp³-hybridized carbons (Fsp3) is 0.353. The Labute approximate surface area is 259 Å². The highest BCUT2D eigenvalue weighted by Gasteiger charge is 2.11. The summed E-state index contributed by atoms with van der Waals surface area (Å²) in [6.07, 6.45) is 6.90. The van der Waals surface area contributed by atoms with Gasteiger partial charge in [-0.2, -0.15) is 0 Å². The number of carbonyl (C=O) groups excluding carboxylic acids is 4. The number of urea groups is 2. The molecule has 0 aromatic heterocycles. The number of aliphatic hydroxyl groups excluding tert-OH is 1. The first-order valence-corrected chi connectivity index (χ1v) is 15.2. The fourth-order valence-corrected chi connectivity index (χ4v) is 4.36. The van der Waals surface area contributed by atoms with E-state index in [0.717, 1.165) is 50.5 Å². The van der Waals surface area contributed by atoms with E-state index in [9.17, 15) is 19.2 Å². The molecule has 234 valence electrons. The number of ketones is 1. The summed E-state index contributed by atoms with van der Waals surface area (Å²) in [4.78, 5) is 49.6. The Morgan fingerprint density at radius 2 is 1.05 bits per heavy atom. The highest BCUT2D eigenvalue weighted by Crippen LogP contribution is 2.17. The summed E-state index contributed by atoms with van der Waals surface area (Å²) in [5, 5.41) is 22.8. The average molecular weight is 602 g/mol. The third kappa shape index (κ3) is 12.3. The number of amides is 5. The molecule has 5 amide bonds. The van der Waals surface area contributed by atoms with E-state index in [2.05, 4.69) is 33.5 Å². The lowest BCUT2D eigenvalue weighted by molar-refractivity contribution is 0.0989. The zero-order valence-corrected chi connectivity index (χ0v) is 25.3. The van der Waals surface area contributed by atoms with Crippen molar-refractivity contribution in [3.05, 3.63) is 89.5 Å². The maximum absolute atomic E-state index is 12.8. The Bertz CT molecular complexity index is 1240. The molecule has 0 radical (unpaired) electrons. The number of carbonyl (C=O) groups is 4. The number of unbranched alkanes of at least 4 members (excludes halogenated alkanes) is 5. The molecular formula is C34H43N5O5. The van der Waals surface area contributed by atoms with Crippen LogP contribution >= 0.6 is 0 Å². The molecule has 0 aliphatic carbocycles. The molecule has 0 unspecified atom stereocenters. The van der Waals surface area contributed by atoms with Gasteiger partial charge >= 0.3 is 12.1 Å². The predicted octanol–water partition coefficient (Wildman–Crippen LogP) is 6.35. The van der Waals surface area contributed by atoms with Crippen LogP contribution in [0.5, 0.6) is 0 Å². The third-order valence-electron chi connectivity index (χ3n) is 6.88. The first-order chi connectivity index (χ1) is 21.4. The molecule has 0 atom stereocenters. The van der Waals surface area contributed by atoms with Crippen molar-refractivity contribution in [2.45, 2.75) is 58.3 Å². The molecule has 3 rings (SSSR count). The number of rotatable bonds is 17. The van der Waals surface area contributed by atoms with E-state index in [-0.39, 0.29) is 36.8 Å². The molecular weight excluding hydrogens is 558 g/mol. The third-order valence-corrected chi connectivity index (χ3v) is 6.88. The predicted molar refractivity (Wildman–Crippen MR) is 174 cm³/mol. The van der Waals surface area contributed by atoms with Gasteiger partial charge in [0, 0.05) is 54.3 Å². The van der Waals surface area contributed by atoms with E-state index in [0.29, 0.717) is 41.3 Å². The molecule has 44 heavy (non-hydrogen) atoms. The highest BCUT2D eigenvalue weighted by molar-refractivity contribution is 6.05. The van der Waals surface area contributed by atoms with Crippen LogP contribution in [0.4, 0.5) is 26.7 Å². The number of benzene rings is 3. The van der Waals surface area contributed by atoms with Gasteiger partial charge < -0.3 is 31.7 Å². The normalized spacial score (nSPS) is 10.5. The zero-order chi connectivity index (χ0) is 31.6. The maximum atomic E-state index is 12.8. The van der Waals surface area contributed by atoms with Gasteiger partial charge in [0.1, 0.15) is 0 Å². The van der Waals surface area contributed by atoms with Crippen molar-refractivity contribution in [1.82, 2.24) is 10.6 Å². The van der Waals surface area contributed by atoms with Gasteiger partial charge in [-0.25, -0.2) is 9.59 Å². The Morgan fingerprint density at radius 3 is 1.57 bits per heavy atom. The van der Waals surface area contributed by atoms with Crippen LogP contribution in [-0.4, -0.2) is 48.6 Å². The van der Waals surface area contributed by atoms with E-state index in [4.69, 9.17) is 5.11 Å². The van der Waals surface area contributed by atoms with E-state index in [1.807, 2.05) is 0 Å². The second kappa shape index (κ2) is 18.8. The van der Waals surface area contributed by atoms with E-state index in [1.165, 1.54) is 0 Å². The van der Waals surface area contributed by atoms with Gasteiger partial charge in [0.05, 0.1) is 0 Å². The second-order valence-corrected chi connectivity index (χ2v) is 10.5. The van der Waals surface area contributed by atoms with Crippen LogP contribution in [-0.2, 0) is 6.42 Å². The number of hydrogen-bond acceptors (Lipinski definition) is 5. The van der Waals surface area contributed by atoms with Gasteiger partial charge in [0.15, 0.2) is 5.78 Å². The largest absolute Gasteiger partial charge is 0.396 e. The average Bonchev–Trinajstić information content (AvgIpc) is 3.03. The fourth-order valence-electron chi connectivity index (χ4n) is 4.36. The standard InChI is InChI=1S/C34H43N5O5/c1-2-3-4-6-21-35-34(44)39-30-19-17-28(18-20-30)37-32(42)27-13-11-26(12-14-27)31(41)24-25-9-15-29(16-10-25)38-33(43)36-22-7-5-8-23-40/h9-20,40H,2-8,21-24H2,1H3,(H,37,42)(H2,35,39,44)(H2,36,38,43). The zero-order valence-electron chi connectivity index (χ0n) is 25.3. The van der Waals surface area contributed by atoms with E-state index in [1.54, 1.807) is 72.8 Å². The summed E-state index contributed by atoms with van der Waals surface area (Å²) >= 11 is 0. The second-order valence-electron chi connectivity index (χ2n) is 10.5.